The summed E-state index contributed by atoms with van der Waals surface area (Å²) in [5.41, 5.74) is 9.88. The van der Waals surface area contributed by atoms with Crippen molar-refractivity contribution >= 4 is 28.5 Å². The lowest BCUT2D eigenvalue weighted by Crippen LogP contribution is -2.50. The summed E-state index contributed by atoms with van der Waals surface area (Å²) in [6.45, 7) is 31.3. The van der Waals surface area contributed by atoms with Crippen LogP contribution in [0.1, 0.15) is 99.1 Å². The number of likely N-dealkylation sites (tertiary alicyclic amines) is 2. The Balaban J connectivity index is 0.000000183. The Morgan fingerprint density at radius 2 is 1.05 bits per heavy atom. The highest BCUT2D eigenvalue weighted by Crippen LogP contribution is 2.40. The summed E-state index contributed by atoms with van der Waals surface area (Å²) in [5.74, 6) is 0. The molecular formula is C57H80N12O4. The van der Waals surface area contributed by atoms with Crippen LogP contribution in [0.2, 0.25) is 0 Å². The van der Waals surface area contributed by atoms with E-state index in [2.05, 4.69) is 125 Å². The fraction of sp³-hybridized carbons (Fsp3) is 0.561. The summed E-state index contributed by atoms with van der Waals surface area (Å²) in [6.07, 6.45) is 15.6. The third-order valence-electron chi connectivity index (χ3n) is 15.4. The highest BCUT2D eigenvalue weighted by molar-refractivity contribution is 5.80. The second-order valence-electron chi connectivity index (χ2n) is 21.7. The van der Waals surface area contributed by atoms with Crippen molar-refractivity contribution in [3.05, 3.63) is 96.8 Å². The standard InChI is InChI=1S/C31H44N6O3.C26H36N6O/c1-7-39-31(11-14-34(15-12-31)23(2)3)25-8-9-26(32-21-25)24-20-28-27(10-13-33-37(28)22-24)35-16-18-36(19-17-35)29(38)40-30(4,5)6;1-4-33-26(8-13-30(14-9-26)20(2)3)22-5-6-23(28-18-22)21-17-25-24(7-10-29-32(25)19-21)31-15-11-27-12-16-31/h8-10,13,20-23H,7,11-12,14-19H2,1-6H3;5-7,10,17-20,27H,4,8-9,11-16H2,1-3H3. The highest BCUT2D eigenvalue weighted by atomic mass is 16.6. The first-order chi connectivity index (χ1) is 35.2. The van der Waals surface area contributed by atoms with E-state index in [1.54, 1.807) is 4.90 Å². The van der Waals surface area contributed by atoms with Crippen LogP contribution >= 0.6 is 0 Å². The number of pyridine rings is 2. The van der Waals surface area contributed by atoms with E-state index in [0.717, 1.165) is 143 Å². The quantitative estimate of drug-likeness (QED) is 0.125. The second kappa shape index (κ2) is 22.4. The van der Waals surface area contributed by atoms with Crippen LogP contribution in [0.3, 0.4) is 0 Å². The number of anilines is 2. The number of amides is 1. The molecule has 0 spiro atoms. The minimum Gasteiger partial charge on any atom is -0.444 e. The van der Waals surface area contributed by atoms with Crippen molar-refractivity contribution in [3.8, 4) is 22.5 Å². The topological polar surface area (TPSA) is 133 Å². The lowest BCUT2D eigenvalue weighted by atomic mass is 9.84. The van der Waals surface area contributed by atoms with Crippen LogP contribution in [0.25, 0.3) is 33.5 Å². The average molecular weight is 997 g/mol. The fourth-order valence-electron chi connectivity index (χ4n) is 11.2. The summed E-state index contributed by atoms with van der Waals surface area (Å²) >= 11 is 0. The summed E-state index contributed by atoms with van der Waals surface area (Å²) in [4.78, 5) is 33.9. The van der Waals surface area contributed by atoms with Crippen LogP contribution in [-0.2, 0) is 25.4 Å². The van der Waals surface area contributed by atoms with E-state index in [1.165, 1.54) is 11.3 Å². The summed E-state index contributed by atoms with van der Waals surface area (Å²) in [5, 5.41) is 12.5. The number of nitrogens with one attached hydrogen (secondary N) is 1. The molecule has 4 aliphatic heterocycles. The van der Waals surface area contributed by atoms with E-state index in [1.807, 2.05) is 66.9 Å². The average Bonchev–Trinajstić information content (AvgIpc) is 4.05. The van der Waals surface area contributed by atoms with Crippen LogP contribution in [0, 0.1) is 0 Å². The first kappa shape index (κ1) is 52.2. The van der Waals surface area contributed by atoms with Gasteiger partial charge in [0.1, 0.15) is 5.60 Å². The van der Waals surface area contributed by atoms with Crippen molar-refractivity contribution < 1.29 is 19.0 Å². The fourth-order valence-corrected chi connectivity index (χ4v) is 11.2. The van der Waals surface area contributed by atoms with Gasteiger partial charge in [-0.15, -0.1) is 0 Å². The first-order valence-corrected chi connectivity index (χ1v) is 27.0. The summed E-state index contributed by atoms with van der Waals surface area (Å²) in [6, 6.07) is 18.3. The van der Waals surface area contributed by atoms with E-state index in [9.17, 15) is 4.79 Å². The molecule has 16 nitrogen and oxygen atoms in total. The van der Waals surface area contributed by atoms with E-state index in [4.69, 9.17) is 24.2 Å². The number of aromatic nitrogens is 6. The van der Waals surface area contributed by atoms with Gasteiger partial charge in [-0.1, -0.05) is 12.1 Å². The molecule has 6 aromatic heterocycles. The predicted molar refractivity (Wildman–Crippen MR) is 290 cm³/mol. The zero-order valence-corrected chi connectivity index (χ0v) is 45.0. The van der Waals surface area contributed by atoms with Gasteiger partial charge in [-0.2, -0.15) is 10.2 Å². The molecule has 4 aliphatic rings. The van der Waals surface area contributed by atoms with Gasteiger partial charge in [0.25, 0.3) is 0 Å². The Morgan fingerprint density at radius 1 is 0.616 bits per heavy atom. The van der Waals surface area contributed by atoms with Crippen molar-refractivity contribution in [1.29, 1.82) is 0 Å². The minimum atomic E-state index is -0.491. The molecule has 0 aromatic carbocycles. The summed E-state index contributed by atoms with van der Waals surface area (Å²) < 4.78 is 22.2. The normalized spacial score (nSPS) is 18.9. The molecule has 0 radical (unpaired) electrons. The van der Waals surface area contributed by atoms with Crippen LogP contribution in [-0.4, -0.2) is 159 Å². The van der Waals surface area contributed by atoms with E-state index in [0.29, 0.717) is 31.8 Å². The minimum absolute atomic E-state index is 0.228. The molecule has 4 saturated heterocycles. The molecule has 10 rings (SSSR count). The van der Waals surface area contributed by atoms with E-state index in [-0.39, 0.29) is 17.3 Å². The molecule has 0 bridgehead atoms. The van der Waals surface area contributed by atoms with Gasteiger partial charge in [0, 0.05) is 163 Å². The molecule has 0 atom stereocenters. The zero-order valence-electron chi connectivity index (χ0n) is 45.0. The van der Waals surface area contributed by atoms with Crippen molar-refractivity contribution in [2.24, 2.45) is 0 Å². The lowest BCUT2D eigenvalue weighted by Gasteiger charge is -2.43. The number of rotatable bonds is 12. The molecule has 4 fully saturated rings. The van der Waals surface area contributed by atoms with Crippen LogP contribution < -0.4 is 15.1 Å². The van der Waals surface area contributed by atoms with Crippen LogP contribution in [0.5, 0.6) is 0 Å². The number of carbonyl (C=O) groups is 1. The van der Waals surface area contributed by atoms with Gasteiger partial charge in [-0.3, -0.25) is 9.97 Å². The predicted octanol–water partition coefficient (Wildman–Crippen LogP) is 8.73. The largest absolute Gasteiger partial charge is 0.444 e. The second-order valence-corrected chi connectivity index (χ2v) is 21.7. The van der Waals surface area contributed by atoms with Gasteiger partial charge in [-0.05, 0) is 124 Å². The molecule has 392 valence electrons. The SMILES string of the molecule is CCOC1(c2ccc(-c3cc4c(N5CCN(C(=O)OC(C)(C)C)CC5)ccnn4c3)nc2)CCN(C(C)C)CC1.CCOC1(c2ccc(-c3cc4c(N5CCNCC5)ccnn4c3)nc2)CCN(C(C)C)CC1. The smallest absolute Gasteiger partial charge is 0.410 e. The maximum absolute atomic E-state index is 12.5. The van der Waals surface area contributed by atoms with Crippen molar-refractivity contribution in [2.45, 2.75) is 117 Å². The van der Waals surface area contributed by atoms with Gasteiger partial charge in [0.05, 0.1) is 45.0 Å². The van der Waals surface area contributed by atoms with E-state index >= 15 is 0 Å². The molecule has 16 heteroatoms. The molecule has 10 heterocycles. The van der Waals surface area contributed by atoms with Gasteiger partial charge in [-0.25, -0.2) is 13.8 Å². The Hall–Kier alpha value is -5.65. The summed E-state index contributed by atoms with van der Waals surface area (Å²) in [7, 11) is 0. The number of fused-ring (bicyclic) bond motifs is 2. The van der Waals surface area contributed by atoms with Crippen LogP contribution in [0.4, 0.5) is 16.2 Å². The number of hydrogen-bond acceptors (Lipinski definition) is 13. The van der Waals surface area contributed by atoms with Gasteiger partial charge >= 0.3 is 6.09 Å². The maximum atomic E-state index is 12.5. The molecule has 1 N–H and O–H groups in total. The molecule has 6 aromatic rings. The lowest BCUT2D eigenvalue weighted by molar-refractivity contribution is -0.0890. The number of carbonyl (C=O) groups excluding carboxylic acids is 1. The number of hydrogen-bond donors (Lipinski definition) is 1. The highest BCUT2D eigenvalue weighted by Gasteiger charge is 2.39. The third-order valence-corrected chi connectivity index (χ3v) is 15.4. The van der Waals surface area contributed by atoms with Crippen molar-refractivity contribution in [2.75, 3.05) is 102 Å². The maximum Gasteiger partial charge on any atom is 0.410 e. The van der Waals surface area contributed by atoms with Gasteiger partial charge in [0.2, 0.25) is 0 Å². The van der Waals surface area contributed by atoms with Crippen molar-refractivity contribution in [3.63, 3.8) is 0 Å². The number of piperazine rings is 2. The molecular weight excluding hydrogens is 917 g/mol. The Kier molecular flexibility index (Phi) is 16.1. The number of ether oxygens (including phenoxy) is 3. The molecule has 0 saturated carbocycles. The molecule has 73 heavy (non-hydrogen) atoms. The molecule has 0 aliphatic carbocycles. The molecule has 0 unspecified atom stereocenters. The molecule has 1 amide bonds. The van der Waals surface area contributed by atoms with Crippen LogP contribution in [0.15, 0.2) is 85.7 Å². The number of nitrogens with zero attached hydrogens (tertiary/aromatic N) is 11. The van der Waals surface area contributed by atoms with E-state index < -0.39 is 5.60 Å². The number of piperidine rings is 2. The van der Waals surface area contributed by atoms with Gasteiger partial charge in [0.15, 0.2) is 0 Å². The monoisotopic (exact) mass is 997 g/mol. The van der Waals surface area contributed by atoms with Crippen molar-refractivity contribution in [1.82, 2.24) is 49.2 Å². The Labute approximate surface area is 433 Å². The third kappa shape index (κ3) is 11.7. The van der Waals surface area contributed by atoms with Gasteiger partial charge < -0.3 is 44.0 Å². The Morgan fingerprint density at radius 3 is 1.44 bits per heavy atom. The zero-order chi connectivity index (χ0) is 51.3. The Bertz CT molecular complexity index is 2730. The first-order valence-electron chi connectivity index (χ1n) is 27.0.